The number of aliphatic hydroxyl groups is 1. The van der Waals surface area contributed by atoms with E-state index in [4.69, 9.17) is 43.6 Å². The number of fused-ring (bicyclic) bond motifs is 6. The van der Waals surface area contributed by atoms with Crippen molar-refractivity contribution in [3.63, 3.8) is 0 Å². The van der Waals surface area contributed by atoms with Crippen LogP contribution in [0, 0.1) is 11.8 Å². The fourth-order valence-electron chi connectivity index (χ4n) is 13.5. The number of aromatic hydroxyl groups is 2. The van der Waals surface area contributed by atoms with Crippen LogP contribution in [0.3, 0.4) is 0 Å². The van der Waals surface area contributed by atoms with E-state index in [1.807, 2.05) is 0 Å². The summed E-state index contributed by atoms with van der Waals surface area (Å²) in [5, 5.41) is 44.5. The predicted molar refractivity (Wildman–Crippen MR) is 352 cm³/mol. The third-order valence-electron chi connectivity index (χ3n) is 19.0. The van der Waals surface area contributed by atoms with Gasteiger partial charge in [-0.2, -0.15) is 11.8 Å². The molecule has 4 aliphatic heterocycles. The highest BCUT2D eigenvalue weighted by atomic mass is 32.2. The highest BCUT2D eigenvalue weighted by Crippen LogP contribution is 2.53. The lowest BCUT2D eigenvalue weighted by atomic mass is 9.72. The first-order valence-corrected chi connectivity index (χ1v) is 34.3. The number of morpholine rings is 1. The number of benzene rings is 3. The zero-order chi connectivity index (χ0) is 71.7. The van der Waals surface area contributed by atoms with E-state index >= 15 is 0 Å². The van der Waals surface area contributed by atoms with E-state index in [1.54, 1.807) is 51.3 Å². The highest BCUT2D eigenvalue weighted by Gasteiger charge is 2.56. The third kappa shape index (κ3) is 17.0. The number of thioether (sulfide) groups is 1. The first-order chi connectivity index (χ1) is 47.2. The van der Waals surface area contributed by atoms with Gasteiger partial charge in [0.25, 0.3) is 0 Å². The number of anilines is 1. The molecule has 2 aliphatic carbocycles. The number of nitrogens with one attached hydrogen (secondary N) is 3. The van der Waals surface area contributed by atoms with Crippen LogP contribution in [-0.2, 0) is 75.0 Å². The van der Waals surface area contributed by atoms with Gasteiger partial charge in [0, 0.05) is 127 Å². The molecular weight excluding hydrogens is 1310 g/mol. The second-order valence-electron chi connectivity index (χ2n) is 26.0. The summed E-state index contributed by atoms with van der Waals surface area (Å²) >= 11 is 1.34. The summed E-state index contributed by atoms with van der Waals surface area (Å²) in [6, 6.07) is 8.75. The lowest BCUT2D eigenvalue weighted by Crippen LogP contribution is -2.55. The number of primary amides is 1. The summed E-state index contributed by atoms with van der Waals surface area (Å²) in [5.41, 5.74) is 1.87. The van der Waals surface area contributed by atoms with E-state index in [0.717, 1.165) is 4.90 Å². The van der Waals surface area contributed by atoms with Gasteiger partial charge in [0.1, 0.15) is 35.6 Å². The Labute approximate surface area is 576 Å². The maximum absolute atomic E-state index is 14.3. The molecule has 9 rings (SSSR count). The van der Waals surface area contributed by atoms with Gasteiger partial charge in [0.2, 0.25) is 35.2 Å². The van der Waals surface area contributed by atoms with E-state index in [0.29, 0.717) is 50.1 Å². The zero-order valence-electron chi connectivity index (χ0n) is 56.7. The van der Waals surface area contributed by atoms with E-state index in [2.05, 4.69) is 20.9 Å². The van der Waals surface area contributed by atoms with Gasteiger partial charge in [-0.25, -0.2) is 14.4 Å². The minimum Gasteiger partial charge on any atom is -0.507 e. The van der Waals surface area contributed by atoms with Crippen LogP contribution in [0.25, 0.3) is 0 Å². The molecule has 99 heavy (non-hydrogen) atoms. The summed E-state index contributed by atoms with van der Waals surface area (Å²) in [5.74, 6) is -6.97. The van der Waals surface area contributed by atoms with Crippen LogP contribution in [0.2, 0.25) is 0 Å². The van der Waals surface area contributed by atoms with Gasteiger partial charge in [-0.05, 0) is 68.5 Å². The Morgan fingerprint density at radius 1 is 0.879 bits per heavy atom. The van der Waals surface area contributed by atoms with E-state index < -0.39 is 138 Å². The number of hydrogen-bond acceptors (Lipinski definition) is 24. The predicted octanol–water partition coefficient (Wildman–Crippen LogP) is 4.21. The molecule has 8 amide bonds. The Morgan fingerprint density at radius 3 is 2.25 bits per heavy atom. The number of ketones is 4. The number of likely N-dealkylation sites (N-methyl/N-ethyl adjacent to an activating group) is 2. The number of nitrogens with zero attached hydrogens (tertiary/aromatic N) is 4. The molecule has 4 fully saturated rings. The van der Waals surface area contributed by atoms with Gasteiger partial charge < -0.3 is 84.7 Å². The van der Waals surface area contributed by atoms with Crippen molar-refractivity contribution < 1.29 is 106 Å². The van der Waals surface area contributed by atoms with Gasteiger partial charge in [-0.15, -0.1) is 0 Å². The van der Waals surface area contributed by atoms with Crippen molar-refractivity contribution in [2.24, 2.45) is 17.6 Å². The van der Waals surface area contributed by atoms with Gasteiger partial charge in [-0.3, -0.25) is 48.2 Å². The van der Waals surface area contributed by atoms with Crippen LogP contribution in [-0.4, -0.2) is 234 Å². The fourth-order valence-corrected chi connectivity index (χ4v) is 14.1. The molecular formula is C68H88N8O22S. The monoisotopic (exact) mass is 1400 g/mol. The van der Waals surface area contributed by atoms with Gasteiger partial charge >= 0.3 is 18.2 Å². The van der Waals surface area contributed by atoms with Crippen LogP contribution in [0.5, 0.6) is 17.2 Å². The number of phenolic OH excluding ortho intramolecular Hbond substituents is 2. The minimum absolute atomic E-state index is 0.0457. The minimum atomic E-state index is -2.49. The van der Waals surface area contributed by atoms with Crippen molar-refractivity contribution in [2.75, 3.05) is 85.8 Å². The van der Waals surface area contributed by atoms with Crippen molar-refractivity contribution in [3.05, 3.63) is 81.4 Å². The number of hydrogen-bond donors (Lipinski definition) is 7. The fraction of sp³-hybridized carbons (Fsp3) is 0.574. The third-order valence-corrected chi connectivity index (χ3v) is 19.9. The SMILES string of the molecule is COc1cccc2c1C(=O)c1c(O)c3c(c(O)c1C2=O)C[C@@](O)(C(=O)COC(=O)N(C)CCN(C)C(=O)OCc1ccc(NC(=O)[C@H](CCCNC(N)=O)CC(=O)[C@@H](NC(=O)CCCCCN2C(=O)CC(SC)C2=O)C(C)C)cc1)C[C@@H]3O[C@H]1C[C@H]2[C@H](O[C@@H]3[C@@H](OC)OCCN32)[C@H](C)O1. The Hall–Kier alpha value is -8.30. The quantitative estimate of drug-likeness (QED) is 0.0218. The Kier molecular flexibility index (Phi) is 24.8. The number of carbonyl (C=O) groups is 11. The Balaban J connectivity index is 0.768. The Bertz CT molecular complexity index is 3580. The molecule has 538 valence electrons. The molecule has 4 saturated heterocycles. The standard InChI is InChI=1S/C68H88N8O22S/c1-35(2)55(72-48(79)17-10-9-11-23-76-49(80)30-46(99-8)62(76)86)43(77)28-38(14-13-22-70-65(69)87)61(85)71-39-20-18-37(19-21-39)33-94-66(88)73(4)24-25-74(5)67(89)95-34-47(78)68(90)31-41-52(59(84)54-53(57(41)82)56(81)40-15-12-16-44(91-6)51(40)58(54)83)45(32-68)97-50-29-42-60(36(3)96-50)98-63-64(92-7)93-27-26-75(42)63/h12,15-16,18-21,35-36,38,42,45-46,50,55,60,63-64,82,84,90H,9-11,13-14,17,22-34H2,1-8H3,(H,71,85)(H,72,79)(H3,69,70,87)/t36-,38+,42-,45-,46?,50-,55-,60+,63+,64-,68-/m0/s1. The average Bonchev–Trinajstić information content (AvgIpc) is 1.24. The van der Waals surface area contributed by atoms with E-state index in [1.165, 1.54) is 68.1 Å². The number of amides is 8. The van der Waals surface area contributed by atoms with Crippen molar-refractivity contribution in [1.29, 1.82) is 0 Å². The molecule has 1 unspecified atom stereocenters. The van der Waals surface area contributed by atoms with Crippen LogP contribution >= 0.6 is 11.8 Å². The summed E-state index contributed by atoms with van der Waals surface area (Å²) in [6.45, 7) is 5.19. The van der Waals surface area contributed by atoms with Crippen LogP contribution < -0.4 is 26.4 Å². The number of nitrogens with two attached hydrogens (primary N) is 1. The molecule has 30 nitrogen and oxygen atoms in total. The number of phenols is 2. The van der Waals surface area contributed by atoms with Crippen molar-refractivity contribution in [1.82, 2.24) is 30.2 Å². The largest absolute Gasteiger partial charge is 0.507 e. The second kappa shape index (κ2) is 32.8. The molecule has 3 aromatic carbocycles. The molecule has 4 heterocycles. The highest BCUT2D eigenvalue weighted by molar-refractivity contribution is 8.00. The average molecular weight is 1400 g/mol. The molecule has 11 atom stereocenters. The molecule has 3 aromatic rings. The van der Waals surface area contributed by atoms with Gasteiger partial charge in [0.15, 0.2) is 37.0 Å². The maximum atomic E-state index is 14.3. The second-order valence-corrected chi connectivity index (χ2v) is 27.0. The first-order valence-electron chi connectivity index (χ1n) is 33.1. The Morgan fingerprint density at radius 2 is 1.59 bits per heavy atom. The first kappa shape index (κ1) is 74.9. The molecule has 31 heteroatoms. The summed E-state index contributed by atoms with van der Waals surface area (Å²) < 4.78 is 47.0. The van der Waals surface area contributed by atoms with Crippen molar-refractivity contribution in [3.8, 4) is 17.2 Å². The van der Waals surface area contributed by atoms with Crippen molar-refractivity contribution in [2.45, 2.75) is 158 Å². The normalized spacial score (nSPS) is 23.8. The smallest absolute Gasteiger partial charge is 0.409 e. The zero-order valence-corrected chi connectivity index (χ0v) is 57.5. The van der Waals surface area contributed by atoms with E-state index in [-0.39, 0.29) is 134 Å². The number of carbonyl (C=O) groups excluding carboxylic acids is 11. The molecule has 6 aliphatic rings. The van der Waals surface area contributed by atoms with Crippen molar-refractivity contribution >= 4 is 82.4 Å². The number of urea groups is 1. The molecule has 0 bridgehead atoms. The molecule has 8 N–H and O–H groups in total. The number of ether oxygens (including phenoxy) is 8. The number of methoxy groups -OCH3 is 2. The number of likely N-dealkylation sites (tertiary alicyclic amines) is 1. The summed E-state index contributed by atoms with van der Waals surface area (Å²) in [6.07, 6.45) is -3.88. The number of imide groups is 1. The van der Waals surface area contributed by atoms with E-state index in [9.17, 15) is 68.1 Å². The van der Waals surface area contributed by atoms with Gasteiger partial charge in [-0.1, -0.05) is 44.5 Å². The van der Waals surface area contributed by atoms with Crippen LogP contribution in [0.1, 0.15) is 140 Å². The molecule has 0 radical (unpaired) electrons. The lowest BCUT2D eigenvalue weighted by Gasteiger charge is -2.43. The number of unbranched alkanes of at least 4 members (excludes halogenated alkanes) is 2. The topological polar surface area (TPSA) is 397 Å². The summed E-state index contributed by atoms with van der Waals surface area (Å²) in [4.78, 5) is 152. The number of rotatable bonds is 30. The molecule has 0 saturated carbocycles. The van der Waals surface area contributed by atoms with Crippen LogP contribution in [0.4, 0.5) is 20.1 Å². The summed E-state index contributed by atoms with van der Waals surface area (Å²) in [7, 11) is 5.59. The maximum Gasteiger partial charge on any atom is 0.409 e. The number of Topliss-reactive ketones (excluding diaryl/α,β-unsaturated/α-hetero) is 2. The van der Waals surface area contributed by atoms with Gasteiger partial charge in [0.05, 0.1) is 53.9 Å². The lowest BCUT2D eigenvalue weighted by molar-refractivity contribution is -0.256. The molecule has 0 spiro atoms. The molecule has 0 aromatic heterocycles. The van der Waals surface area contributed by atoms with Crippen LogP contribution in [0.15, 0.2) is 42.5 Å².